The Morgan fingerprint density at radius 2 is 1.83 bits per heavy atom. The molecule has 0 bridgehead atoms. The van der Waals surface area contributed by atoms with Gasteiger partial charge in [-0.05, 0) is 18.4 Å². The number of nitrogens with zero attached hydrogens (tertiary/aromatic N) is 1. The Hall–Kier alpha value is -1.10. The summed E-state index contributed by atoms with van der Waals surface area (Å²) in [5, 5.41) is 9.03. The molecule has 18 heavy (non-hydrogen) atoms. The summed E-state index contributed by atoms with van der Waals surface area (Å²) in [6.07, 6.45) is 1.05. The minimum absolute atomic E-state index is 0. The van der Waals surface area contributed by atoms with Crippen LogP contribution in [0.4, 0.5) is 0 Å². The summed E-state index contributed by atoms with van der Waals surface area (Å²) >= 11 is 0. The largest absolute Gasteiger partial charge is 0.480 e. The molecular weight excluding hydrogens is 252 g/mol. The van der Waals surface area contributed by atoms with E-state index in [1.54, 1.807) is 0 Å². The number of likely N-dealkylation sites (tertiary alicyclic amines) is 1. The van der Waals surface area contributed by atoms with E-state index in [2.05, 4.69) is 17.0 Å². The van der Waals surface area contributed by atoms with E-state index in [0.29, 0.717) is 12.8 Å². The first-order valence-electron chi connectivity index (χ1n) is 5.89. The summed E-state index contributed by atoms with van der Waals surface area (Å²) in [7, 11) is 0. The highest BCUT2D eigenvalue weighted by atomic mass is 35.5. The predicted octanol–water partition coefficient (Wildman–Crippen LogP) is 1.49. The van der Waals surface area contributed by atoms with Gasteiger partial charge in [-0.15, -0.1) is 12.4 Å². The normalized spacial score (nSPS) is 18.9. The fraction of sp³-hybridized carbons (Fsp3) is 0.462. The summed E-state index contributed by atoms with van der Waals surface area (Å²) in [4.78, 5) is 13.3. The molecule has 3 N–H and O–H groups in total. The molecule has 1 saturated heterocycles. The van der Waals surface area contributed by atoms with Crippen LogP contribution in [0.25, 0.3) is 0 Å². The molecule has 4 nitrogen and oxygen atoms in total. The molecule has 2 rings (SSSR count). The quantitative estimate of drug-likeness (QED) is 0.873. The van der Waals surface area contributed by atoms with E-state index in [-0.39, 0.29) is 12.4 Å². The highest BCUT2D eigenvalue weighted by Crippen LogP contribution is 2.21. The monoisotopic (exact) mass is 270 g/mol. The van der Waals surface area contributed by atoms with E-state index in [4.69, 9.17) is 10.8 Å². The number of carbonyl (C=O) groups is 1. The Morgan fingerprint density at radius 1 is 1.28 bits per heavy atom. The first-order chi connectivity index (χ1) is 8.10. The van der Waals surface area contributed by atoms with Crippen LogP contribution in [0.3, 0.4) is 0 Å². The molecule has 100 valence electrons. The van der Waals surface area contributed by atoms with E-state index in [1.165, 1.54) is 5.56 Å². The smallest absolute Gasteiger partial charge is 0.323 e. The summed E-state index contributed by atoms with van der Waals surface area (Å²) in [6.45, 7) is 2.37. The van der Waals surface area contributed by atoms with Crippen molar-refractivity contribution in [2.45, 2.75) is 24.9 Å². The highest BCUT2D eigenvalue weighted by molar-refractivity contribution is 5.85. The van der Waals surface area contributed by atoms with Crippen molar-refractivity contribution in [1.82, 2.24) is 4.90 Å². The third-order valence-corrected chi connectivity index (χ3v) is 3.42. The molecule has 1 heterocycles. The number of aliphatic carboxylic acids is 1. The molecular formula is C13H19ClN2O2. The second-order valence-electron chi connectivity index (χ2n) is 4.72. The van der Waals surface area contributed by atoms with Crippen LogP contribution in [0.2, 0.25) is 0 Å². The van der Waals surface area contributed by atoms with Gasteiger partial charge in [-0.1, -0.05) is 30.3 Å². The van der Waals surface area contributed by atoms with Gasteiger partial charge in [0.15, 0.2) is 0 Å². The fourth-order valence-electron chi connectivity index (χ4n) is 2.17. The van der Waals surface area contributed by atoms with Gasteiger partial charge in [0.2, 0.25) is 0 Å². The van der Waals surface area contributed by atoms with Crippen molar-refractivity contribution in [2.75, 3.05) is 13.1 Å². The summed E-state index contributed by atoms with van der Waals surface area (Å²) in [5.74, 6) is -0.878. The topological polar surface area (TPSA) is 66.6 Å². The van der Waals surface area contributed by atoms with E-state index >= 15 is 0 Å². The van der Waals surface area contributed by atoms with Crippen molar-refractivity contribution in [3.63, 3.8) is 0 Å². The van der Waals surface area contributed by atoms with Crippen molar-refractivity contribution in [3.8, 4) is 0 Å². The number of piperidine rings is 1. The maximum absolute atomic E-state index is 11.0. The Morgan fingerprint density at radius 3 is 2.33 bits per heavy atom. The molecule has 1 fully saturated rings. The summed E-state index contributed by atoms with van der Waals surface area (Å²) < 4.78 is 0. The standard InChI is InChI=1S/C13H18N2O2.ClH/c14-13(12(16)17)6-8-15(9-7-13)10-11-4-2-1-3-5-11;/h1-5H,6-10,14H2,(H,16,17);1H. The molecule has 0 spiro atoms. The van der Waals surface area contributed by atoms with Crippen LogP contribution in [-0.4, -0.2) is 34.6 Å². The Balaban J connectivity index is 0.00000162. The molecule has 0 unspecified atom stereocenters. The van der Waals surface area contributed by atoms with Crippen LogP contribution in [0, 0.1) is 0 Å². The van der Waals surface area contributed by atoms with Crippen molar-refractivity contribution in [3.05, 3.63) is 35.9 Å². The maximum Gasteiger partial charge on any atom is 0.323 e. The maximum atomic E-state index is 11.0. The molecule has 0 atom stereocenters. The average Bonchev–Trinajstić information content (AvgIpc) is 2.33. The lowest BCUT2D eigenvalue weighted by molar-refractivity contribution is -0.145. The lowest BCUT2D eigenvalue weighted by atomic mass is 9.88. The first-order valence-corrected chi connectivity index (χ1v) is 5.89. The number of hydrogen-bond donors (Lipinski definition) is 2. The number of rotatable bonds is 3. The number of halogens is 1. The predicted molar refractivity (Wildman–Crippen MR) is 72.8 cm³/mol. The third kappa shape index (κ3) is 3.45. The fourth-order valence-corrected chi connectivity index (χ4v) is 2.17. The highest BCUT2D eigenvalue weighted by Gasteiger charge is 2.37. The average molecular weight is 271 g/mol. The summed E-state index contributed by atoms with van der Waals surface area (Å²) in [5.41, 5.74) is 6.07. The Bertz CT molecular complexity index is 389. The molecule has 1 aromatic carbocycles. The zero-order chi connectivity index (χ0) is 12.3. The molecule has 5 heteroatoms. The third-order valence-electron chi connectivity index (χ3n) is 3.42. The van der Waals surface area contributed by atoms with Gasteiger partial charge in [0.1, 0.15) is 5.54 Å². The van der Waals surface area contributed by atoms with E-state index in [1.807, 2.05) is 18.2 Å². The molecule has 0 amide bonds. The number of nitrogens with two attached hydrogens (primary N) is 1. The molecule has 1 aliphatic rings. The minimum Gasteiger partial charge on any atom is -0.480 e. The van der Waals surface area contributed by atoms with Crippen LogP contribution >= 0.6 is 12.4 Å². The van der Waals surface area contributed by atoms with Crippen molar-refractivity contribution in [2.24, 2.45) is 5.73 Å². The van der Waals surface area contributed by atoms with Crippen LogP contribution in [0.15, 0.2) is 30.3 Å². The van der Waals surface area contributed by atoms with Crippen LogP contribution in [-0.2, 0) is 11.3 Å². The second-order valence-corrected chi connectivity index (χ2v) is 4.72. The molecule has 0 radical (unpaired) electrons. The number of carboxylic acid groups (broad SMARTS) is 1. The van der Waals surface area contributed by atoms with Crippen LogP contribution in [0.1, 0.15) is 18.4 Å². The van der Waals surface area contributed by atoms with Crippen molar-refractivity contribution < 1.29 is 9.90 Å². The van der Waals surface area contributed by atoms with Gasteiger partial charge in [-0.3, -0.25) is 9.69 Å². The summed E-state index contributed by atoms with van der Waals surface area (Å²) in [6, 6.07) is 10.2. The van der Waals surface area contributed by atoms with E-state index in [9.17, 15) is 4.79 Å². The van der Waals surface area contributed by atoms with Gasteiger partial charge in [-0.25, -0.2) is 0 Å². The van der Waals surface area contributed by atoms with Gasteiger partial charge < -0.3 is 10.8 Å². The van der Waals surface area contributed by atoms with Crippen molar-refractivity contribution >= 4 is 18.4 Å². The lowest BCUT2D eigenvalue weighted by Gasteiger charge is -2.36. The number of benzene rings is 1. The van der Waals surface area contributed by atoms with Gasteiger partial charge in [0.05, 0.1) is 0 Å². The Labute approximate surface area is 113 Å². The first kappa shape index (κ1) is 15.0. The zero-order valence-corrected chi connectivity index (χ0v) is 11.0. The molecule has 0 aliphatic carbocycles. The van der Waals surface area contributed by atoms with Gasteiger partial charge in [-0.2, -0.15) is 0 Å². The van der Waals surface area contributed by atoms with Gasteiger partial charge >= 0.3 is 5.97 Å². The zero-order valence-electron chi connectivity index (χ0n) is 10.2. The number of hydrogen-bond acceptors (Lipinski definition) is 3. The Kier molecular flexibility index (Phi) is 5.14. The second kappa shape index (κ2) is 6.18. The molecule has 1 aliphatic heterocycles. The van der Waals surface area contributed by atoms with Crippen LogP contribution in [0.5, 0.6) is 0 Å². The van der Waals surface area contributed by atoms with E-state index in [0.717, 1.165) is 19.6 Å². The minimum atomic E-state index is -1.02. The molecule has 1 aromatic rings. The van der Waals surface area contributed by atoms with Gasteiger partial charge in [0, 0.05) is 19.6 Å². The number of carboxylic acids is 1. The lowest BCUT2D eigenvalue weighted by Crippen LogP contribution is -2.55. The van der Waals surface area contributed by atoms with Crippen molar-refractivity contribution in [1.29, 1.82) is 0 Å². The molecule has 0 aromatic heterocycles. The van der Waals surface area contributed by atoms with E-state index < -0.39 is 11.5 Å². The van der Waals surface area contributed by atoms with Gasteiger partial charge in [0.25, 0.3) is 0 Å². The van der Waals surface area contributed by atoms with Crippen LogP contribution < -0.4 is 5.73 Å². The SMILES string of the molecule is Cl.NC1(C(=O)O)CCN(Cc2ccccc2)CC1. The molecule has 0 saturated carbocycles.